The number of hydrogen-bond donors (Lipinski definition) is 1. The maximum atomic E-state index is 12.3. The highest BCUT2D eigenvalue weighted by molar-refractivity contribution is 5.96. The lowest BCUT2D eigenvalue weighted by Gasteiger charge is -2.14. The molecule has 0 radical (unpaired) electrons. The van der Waals surface area contributed by atoms with Crippen LogP contribution in [0.4, 0.5) is 0 Å². The third kappa shape index (κ3) is 3.20. The molecule has 0 saturated carbocycles. The van der Waals surface area contributed by atoms with Crippen LogP contribution in [0.1, 0.15) is 23.1 Å². The molecule has 3 rings (SSSR count). The van der Waals surface area contributed by atoms with Crippen molar-refractivity contribution < 1.29 is 23.5 Å². The molecule has 0 spiro atoms. The summed E-state index contributed by atoms with van der Waals surface area (Å²) in [6, 6.07) is 3.62. The average Bonchev–Trinajstić information content (AvgIpc) is 2.92. The Morgan fingerprint density at radius 3 is 2.58 bits per heavy atom. The molecule has 1 aromatic carbocycles. The van der Waals surface area contributed by atoms with Gasteiger partial charge in [-0.25, -0.2) is 4.79 Å². The van der Waals surface area contributed by atoms with Gasteiger partial charge in [0.15, 0.2) is 0 Å². The molecule has 0 saturated heterocycles. The Balaban J connectivity index is 1.94. The van der Waals surface area contributed by atoms with Crippen LogP contribution < -0.4 is 5.63 Å². The van der Waals surface area contributed by atoms with Gasteiger partial charge < -0.3 is 18.8 Å². The molecule has 7 heteroatoms. The number of carbonyl (C=O) groups excluding carboxylic acids is 1. The molecular formula is C19H19NO6. The number of furan rings is 1. The number of benzene rings is 1. The van der Waals surface area contributed by atoms with E-state index in [1.807, 2.05) is 19.9 Å². The highest BCUT2D eigenvalue weighted by Crippen LogP contribution is 2.29. The van der Waals surface area contributed by atoms with Crippen LogP contribution in [0.25, 0.3) is 21.9 Å². The van der Waals surface area contributed by atoms with Crippen LogP contribution in [0, 0.1) is 13.8 Å². The number of likely N-dealkylation sites (N-methyl/N-ethyl adjacent to an activating group) is 1. The summed E-state index contributed by atoms with van der Waals surface area (Å²) in [6.45, 7) is 3.38. The number of hydrogen-bond acceptors (Lipinski definition) is 5. The Morgan fingerprint density at radius 2 is 1.88 bits per heavy atom. The number of aliphatic carboxylic acids is 1. The van der Waals surface area contributed by atoms with E-state index in [9.17, 15) is 14.4 Å². The highest BCUT2D eigenvalue weighted by atomic mass is 16.4. The molecule has 0 bridgehead atoms. The van der Waals surface area contributed by atoms with Crippen LogP contribution >= 0.6 is 0 Å². The molecule has 2 aromatic heterocycles. The van der Waals surface area contributed by atoms with Crippen molar-refractivity contribution in [3.05, 3.63) is 45.5 Å². The minimum absolute atomic E-state index is 0.0356. The van der Waals surface area contributed by atoms with Gasteiger partial charge in [0, 0.05) is 35.9 Å². The summed E-state index contributed by atoms with van der Waals surface area (Å²) in [5, 5.41) is 10.5. The van der Waals surface area contributed by atoms with Gasteiger partial charge in [0.05, 0.1) is 6.26 Å². The first-order chi connectivity index (χ1) is 12.3. The normalized spacial score (nSPS) is 11.2. The van der Waals surface area contributed by atoms with Crippen LogP contribution in [0.5, 0.6) is 0 Å². The largest absolute Gasteiger partial charge is 0.480 e. The molecule has 0 atom stereocenters. The van der Waals surface area contributed by atoms with E-state index in [0.717, 1.165) is 26.8 Å². The number of carboxylic acid groups (broad SMARTS) is 1. The predicted octanol–water partition coefficient (Wildman–Crippen LogP) is 2.63. The molecule has 136 valence electrons. The first-order valence-electron chi connectivity index (χ1n) is 8.18. The van der Waals surface area contributed by atoms with E-state index in [1.165, 1.54) is 7.05 Å². The van der Waals surface area contributed by atoms with E-state index in [0.29, 0.717) is 16.7 Å². The van der Waals surface area contributed by atoms with Crippen molar-refractivity contribution in [1.82, 2.24) is 4.90 Å². The Hall–Kier alpha value is -3.09. The Bertz CT molecular complexity index is 1070. The van der Waals surface area contributed by atoms with Gasteiger partial charge in [-0.15, -0.1) is 0 Å². The van der Waals surface area contributed by atoms with Gasteiger partial charge in [0.2, 0.25) is 5.91 Å². The second-order valence-corrected chi connectivity index (χ2v) is 6.40. The van der Waals surface area contributed by atoms with E-state index in [-0.39, 0.29) is 25.3 Å². The van der Waals surface area contributed by atoms with E-state index < -0.39 is 11.6 Å². The van der Waals surface area contributed by atoms with E-state index in [1.54, 1.807) is 12.3 Å². The lowest BCUT2D eigenvalue weighted by atomic mass is 10.0. The lowest BCUT2D eigenvalue weighted by molar-refractivity contribution is -0.143. The zero-order valence-corrected chi connectivity index (χ0v) is 14.8. The number of amides is 1. The second-order valence-electron chi connectivity index (χ2n) is 6.40. The maximum Gasteiger partial charge on any atom is 0.339 e. The summed E-state index contributed by atoms with van der Waals surface area (Å²) in [7, 11) is 1.42. The molecule has 0 fully saturated rings. The van der Waals surface area contributed by atoms with Gasteiger partial charge >= 0.3 is 11.6 Å². The highest BCUT2D eigenvalue weighted by Gasteiger charge is 2.17. The van der Waals surface area contributed by atoms with Gasteiger partial charge in [-0.2, -0.15) is 0 Å². The lowest BCUT2D eigenvalue weighted by Crippen LogP contribution is -2.32. The zero-order valence-electron chi connectivity index (χ0n) is 14.8. The average molecular weight is 357 g/mol. The molecule has 0 aliphatic carbocycles. The van der Waals surface area contributed by atoms with Crippen molar-refractivity contribution in [3.8, 4) is 0 Å². The molecule has 26 heavy (non-hydrogen) atoms. The molecule has 1 N–H and O–H groups in total. The Morgan fingerprint density at radius 1 is 1.15 bits per heavy atom. The van der Waals surface area contributed by atoms with Gasteiger partial charge in [-0.05, 0) is 37.5 Å². The van der Waals surface area contributed by atoms with Crippen molar-refractivity contribution in [2.75, 3.05) is 13.6 Å². The summed E-state index contributed by atoms with van der Waals surface area (Å²) in [5.74, 6) is -1.42. The van der Waals surface area contributed by atoms with E-state index in [2.05, 4.69) is 0 Å². The molecule has 0 aliphatic heterocycles. The van der Waals surface area contributed by atoms with Crippen LogP contribution in [0.15, 0.2) is 32.0 Å². The first-order valence-corrected chi connectivity index (χ1v) is 8.18. The molecule has 0 aliphatic rings. The van der Waals surface area contributed by atoms with Gasteiger partial charge in [0.25, 0.3) is 0 Å². The molecule has 3 aromatic rings. The molecule has 1 amide bonds. The number of fused-ring (bicyclic) bond motifs is 2. The summed E-state index contributed by atoms with van der Waals surface area (Å²) < 4.78 is 10.9. The fraction of sp³-hybridized carbons (Fsp3) is 0.316. The topological polar surface area (TPSA) is 101 Å². The van der Waals surface area contributed by atoms with E-state index >= 15 is 0 Å². The minimum atomic E-state index is -1.08. The van der Waals surface area contributed by atoms with Crippen molar-refractivity contribution in [2.24, 2.45) is 0 Å². The maximum absolute atomic E-state index is 12.3. The SMILES string of the molecule is Cc1coc2cc3oc(=O)c(CCC(=O)N(C)CC(=O)O)c(C)c3cc12. The monoisotopic (exact) mass is 357 g/mol. The van der Waals surface area contributed by atoms with Crippen molar-refractivity contribution in [1.29, 1.82) is 0 Å². The predicted molar refractivity (Wildman–Crippen MR) is 95.3 cm³/mol. The standard InChI is InChI=1S/C19H19NO6/c1-10-9-25-15-7-16-14(6-13(10)15)11(2)12(19(24)26-16)4-5-17(21)20(3)8-18(22)23/h6-7,9H,4-5,8H2,1-3H3,(H,22,23). The second kappa shape index (κ2) is 6.67. The van der Waals surface area contributed by atoms with Crippen LogP contribution in [-0.4, -0.2) is 35.5 Å². The van der Waals surface area contributed by atoms with Gasteiger partial charge in [0.1, 0.15) is 17.7 Å². The number of rotatable bonds is 5. The number of nitrogens with zero attached hydrogens (tertiary/aromatic N) is 1. The third-order valence-electron chi connectivity index (χ3n) is 4.56. The Kier molecular flexibility index (Phi) is 4.54. The molecule has 2 heterocycles. The van der Waals surface area contributed by atoms with Crippen LogP contribution in [0.3, 0.4) is 0 Å². The first kappa shape index (κ1) is 17.7. The summed E-state index contributed by atoms with van der Waals surface area (Å²) in [6.07, 6.45) is 1.87. The van der Waals surface area contributed by atoms with Crippen LogP contribution in [0.2, 0.25) is 0 Å². The smallest absolute Gasteiger partial charge is 0.339 e. The quantitative estimate of drug-likeness (QED) is 0.705. The molecule has 7 nitrogen and oxygen atoms in total. The van der Waals surface area contributed by atoms with Crippen LogP contribution in [-0.2, 0) is 16.0 Å². The van der Waals surface area contributed by atoms with Gasteiger partial charge in [-0.3, -0.25) is 9.59 Å². The van der Waals surface area contributed by atoms with Crippen molar-refractivity contribution in [3.63, 3.8) is 0 Å². The molecule has 0 unspecified atom stereocenters. The summed E-state index contributed by atoms with van der Waals surface area (Å²) in [5.41, 5.74) is 2.76. The number of aryl methyl sites for hydroxylation is 2. The Labute approximate surface area is 148 Å². The fourth-order valence-electron chi connectivity index (χ4n) is 3.04. The van der Waals surface area contributed by atoms with Gasteiger partial charge in [-0.1, -0.05) is 0 Å². The fourth-order valence-corrected chi connectivity index (χ4v) is 3.04. The third-order valence-corrected chi connectivity index (χ3v) is 4.56. The summed E-state index contributed by atoms with van der Waals surface area (Å²) in [4.78, 5) is 36.2. The van der Waals surface area contributed by atoms with Crippen molar-refractivity contribution >= 4 is 33.8 Å². The number of carboxylic acids is 1. The zero-order chi connectivity index (χ0) is 19.0. The van der Waals surface area contributed by atoms with E-state index in [4.69, 9.17) is 13.9 Å². The number of carbonyl (C=O) groups is 2. The van der Waals surface area contributed by atoms with Crippen molar-refractivity contribution in [2.45, 2.75) is 26.7 Å². The summed E-state index contributed by atoms with van der Waals surface area (Å²) >= 11 is 0. The minimum Gasteiger partial charge on any atom is -0.480 e. The molecular weight excluding hydrogens is 338 g/mol.